The average molecular weight is 648 g/mol. The van der Waals surface area contributed by atoms with Gasteiger partial charge in [-0.3, -0.25) is 0 Å². The van der Waals surface area contributed by atoms with Crippen LogP contribution in [0.15, 0.2) is 131 Å². The smallest absolute Gasteiger partial charge is 0.206 e. The summed E-state index contributed by atoms with van der Waals surface area (Å²) in [6.07, 6.45) is 5.16. The second-order valence-corrected chi connectivity index (χ2v) is 13.8. The number of rotatable bonds is 14. The van der Waals surface area contributed by atoms with Crippen molar-refractivity contribution in [2.45, 2.75) is 61.7 Å². The van der Waals surface area contributed by atoms with Crippen LogP contribution in [0, 0.1) is 0 Å². The van der Waals surface area contributed by atoms with Crippen molar-refractivity contribution >= 4 is 26.9 Å². The number of unbranched alkanes of at least 4 members (excludes halogenated alkanes) is 3. The van der Waals surface area contributed by atoms with Crippen LogP contribution < -0.4 is 19.1 Å². The third-order valence-electron chi connectivity index (χ3n) is 8.61. The Morgan fingerprint density at radius 2 is 1.09 bits per heavy atom. The van der Waals surface area contributed by atoms with Gasteiger partial charge in [-0.1, -0.05) is 50.2 Å². The lowest BCUT2D eigenvalue weighted by Crippen LogP contribution is -2.15. The van der Waals surface area contributed by atoms with Gasteiger partial charge in [0.1, 0.15) is 11.5 Å². The number of hydrogen-bond donors (Lipinski definition) is 0. The van der Waals surface area contributed by atoms with Crippen molar-refractivity contribution in [1.82, 2.24) is 0 Å². The van der Waals surface area contributed by atoms with Crippen molar-refractivity contribution in [2.75, 3.05) is 18.1 Å². The zero-order chi connectivity index (χ0) is 32.6. The summed E-state index contributed by atoms with van der Waals surface area (Å²) < 4.78 is 44.8. The Balaban J connectivity index is 0.980. The van der Waals surface area contributed by atoms with Crippen LogP contribution in [0.5, 0.6) is 23.0 Å². The maximum atomic E-state index is 13.5. The molecule has 5 aromatic carbocycles. The lowest BCUT2D eigenvalue weighted by atomic mass is 9.99. The van der Waals surface area contributed by atoms with Crippen LogP contribution >= 0.6 is 0 Å². The molecular weight excluding hydrogens is 607 g/mol. The molecule has 6 nitrogen and oxygen atoms in total. The van der Waals surface area contributed by atoms with Gasteiger partial charge in [0, 0.05) is 5.69 Å². The van der Waals surface area contributed by atoms with Crippen LogP contribution in [-0.4, -0.2) is 21.6 Å². The van der Waals surface area contributed by atoms with E-state index in [1.165, 1.54) is 5.56 Å². The van der Waals surface area contributed by atoms with Gasteiger partial charge in [0.25, 0.3) is 0 Å². The molecule has 0 radical (unpaired) electrons. The molecular formula is C40H41NO5S. The zero-order valence-electron chi connectivity index (χ0n) is 27.0. The number of ether oxygens (including phenoxy) is 3. The number of anilines is 3. The van der Waals surface area contributed by atoms with Gasteiger partial charge in [-0.05, 0) is 129 Å². The molecule has 0 fully saturated rings. The first-order chi connectivity index (χ1) is 22.9. The zero-order valence-corrected chi connectivity index (χ0v) is 27.8. The normalized spacial score (nSPS) is 12.9. The van der Waals surface area contributed by atoms with Gasteiger partial charge < -0.3 is 19.1 Å². The van der Waals surface area contributed by atoms with Crippen LogP contribution in [-0.2, 0) is 9.84 Å². The summed E-state index contributed by atoms with van der Waals surface area (Å²) in [4.78, 5) is 2.55. The first-order valence-electron chi connectivity index (χ1n) is 16.4. The lowest BCUT2D eigenvalue weighted by Gasteiger charge is -2.32. The molecule has 0 amide bonds. The van der Waals surface area contributed by atoms with Gasteiger partial charge in [-0.2, -0.15) is 0 Å². The second kappa shape index (κ2) is 14.8. The van der Waals surface area contributed by atoms with Crippen molar-refractivity contribution in [3.63, 3.8) is 0 Å². The third-order valence-corrected chi connectivity index (χ3v) is 10.4. The molecule has 1 aliphatic rings. The van der Waals surface area contributed by atoms with Crippen LogP contribution in [0.4, 0.5) is 17.1 Å². The molecule has 1 atom stereocenters. The quantitative estimate of drug-likeness (QED) is 0.110. The number of benzene rings is 5. The number of hydrogen-bond acceptors (Lipinski definition) is 6. The maximum Gasteiger partial charge on any atom is 0.206 e. The Morgan fingerprint density at radius 3 is 1.60 bits per heavy atom. The molecule has 1 heterocycles. The van der Waals surface area contributed by atoms with E-state index in [4.69, 9.17) is 14.2 Å². The van der Waals surface area contributed by atoms with Gasteiger partial charge >= 0.3 is 0 Å². The standard InChI is InChI=1S/C40H41NO5S/c1-3-30(2)31-16-20-33(21-17-31)44-28-10-4-5-11-29-45-34-22-26-36(27-23-34)47(42,43)35-24-18-32(19-25-35)41-37-12-6-8-14-39(37)46-40-15-9-7-13-38(40)41/h6-9,12-27,30H,3-5,10-11,28-29H2,1-2H3. The summed E-state index contributed by atoms with van der Waals surface area (Å²) in [6, 6.07) is 37.7. The van der Waals surface area contributed by atoms with Crippen LogP contribution in [0.25, 0.3) is 0 Å². The van der Waals surface area contributed by atoms with Gasteiger partial charge in [0.05, 0.1) is 34.4 Å². The third kappa shape index (κ3) is 7.47. The molecule has 1 aliphatic heterocycles. The van der Waals surface area contributed by atoms with E-state index >= 15 is 0 Å². The average Bonchev–Trinajstić information content (AvgIpc) is 3.12. The van der Waals surface area contributed by atoms with E-state index in [0.717, 1.165) is 66.4 Å². The Morgan fingerprint density at radius 1 is 0.617 bits per heavy atom. The van der Waals surface area contributed by atoms with Crippen molar-refractivity contribution in [3.05, 3.63) is 127 Å². The van der Waals surface area contributed by atoms with E-state index in [1.807, 2.05) is 60.7 Å². The van der Waals surface area contributed by atoms with Gasteiger partial charge in [0.2, 0.25) is 9.84 Å². The monoisotopic (exact) mass is 647 g/mol. The highest BCUT2D eigenvalue weighted by Crippen LogP contribution is 2.50. The summed E-state index contributed by atoms with van der Waals surface area (Å²) in [5.41, 5.74) is 3.98. The first kappa shape index (κ1) is 32.2. The highest BCUT2D eigenvalue weighted by molar-refractivity contribution is 7.91. The van der Waals surface area contributed by atoms with Crippen molar-refractivity contribution < 1.29 is 22.6 Å². The van der Waals surface area contributed by atoms with E-state index in [2.05, 4.69) is 43.0 Å². The summed E-state index contributed by atoms with van der Waals surface area (Å²) in [6.45, 7) is 5.73. The fourth-order valence-electron chi connectivity index (χ4n) is 5.67. The molecule has 0 aliphatic carbocycles. The van der Waals surface area contributed by atoms with Gasteiger partial charge in [-0.25, -0.2) is 8.42 Å². The number of sulfone groups is 1. The van der Waals surface area contributed by atoms with E-state index < -0.39 is 9.84 Å². The largest absolute Gasteiger partial charge is 0.494 e. The predicted octanol–water partition coefficient (Wildman–Crippen LogP) is 10.6. The maximum absolute atomic E-state index is 13.5. The number of para-hydroxylation sites is 4. The fraction of sp³-hybridized carbons (Fsp3) is 0.250. The van der Waals surface area contributed by atoms with E-state index in [9.17, 15) is 8.42 Å². The summed E-state index contributed by atoms with van der Waals surface area (Å²) in [7, 11) is -3.70. The highest BCUT2D eigenvalue weighted by Gasteiger charge is 2.26. The molecule has 0 N–H and O–H groups in total. The van der Waals surface area contributed by atoms with Crippen LogP contribution in [0.3, 0.4) is 0 Å². The molecule has 0 saturated carbocycles. The second-order valence-electron chi connectivity index (χ2n) is 11.8. The number of nitrogens with zero attached hydrogens (tertiary/aromatic N) is 1. The Labute approximate surface area is 278 Å². The molecule has 47 heavy (non-hydrogen) atoms. The molecule has 1 unspecified atom stereocenters. The summed E-state index contributed by atoms with van der Waals surface area (Å²) in [5.74, 6) is 3.64. The molecule has 0 aromatic heterocycles. The molecule has 0 spiro atoms. The molecule has 6 rings (SSSR count). The Kier molecular flexibility index (Phi) is 10.1. The minimum atomic E-state index is -3.70. The SMILES string of the molecule is CCC(C)c1ccc(OCCCCCCOc2ccc(S(=O)(=O)c3ccc(N4c5ccccc5Oc5ccccc54)cc3)cc2)cc1. The van der Waals surface area contributed by atoms with Crippen LogP contribution in [0.2, 0.25) is 0 Å². The van der Waals surface area contributed by atoms with E-state index in [-0.39, 0.29) is 9.79 Å². The Bertz CT molecular complexity index is 1820. The lowest BCUT2D eigenvalue weighted by molar-refractivity contribution is 0.287. The minimum absolute atomic E-state index is 0.231. The highest BCUT2D eigenvalue weighted by atomic mass is 32.2. The van der Waals surface area contributed by atoms with Crippen molar-refractivity contribution in [3.8, 4) is 23.0 Å². The minimum Gasteiger partial charge on any atom is -0.494 e. The Hall–Kier alpha value is -4.75. The molecule has 7 heteroatoms. The van der Waals surface area contributed by atoms with Gasteiger partial charge in [-0.15, -0.1) is 0 Å². The van der Waals surface area contributed by atoms with Gasteiger partial charge in [0.15, 0.2) is 11.5 Å². The summed E-state index contributed by atoms with van der Waals surface area (Å²) >= 11 is 0. The predicted molar refractivity (Wildman–Crippen MR) is 188 cm³/mol. The number of fused-ring (bicyclic) bond motifs is 2. The summed E-state index contributed by atoms with van der Waals surface area (Å²) in [5, 5.41) is 0. The van der Waals surface area contributed by atoms with E-state index in [1.54, 1.807) is 36.4 Å². The molecule has 5 aromatic rings. The molecule has 0 saturated heterocycles. The van der Waals surface area contributed by atoms with Crippen molar-refractivity contribution in [2.24, 2.45) is 0 Å². The fourth-order valence-corrected chi connectivity index (χ4v) is 6.94. The topological polar surface area (TPSA) is 65.1 Å². The van der Waals surface area contributed by atoms with Crippen LogP contribution in [0.1, 0.15) is 57.4 Å². The van der Waals surface area contributed by atoms with Crippen molar-refractivity contribution in [1.29, 1.82) is 0 Å². The molecule has 0 bridgehead atoms. The molecule has 242 valence electrons. The first-order valence-corrected chi connectivity index (χ1v) is 17.9. The van der Waals surface area contributed by atoms with E-state index in [0.29, 0.717) is 24.9 Å².